The lowest BCUT2D eigenvalue weighted by atomic mass is 10.0. The highest BCUT2D eigenvalue weighted by molar-refractivity contribution is 5.97. The molecule has 0 aliphatic rings. The van der Waals surface area contributed by atoms with E-state index in [9.17, 15) is 4.79 Å². The maximum atomic E-state index is 12.6. The van der Waals surface area contributed by atoms with E-state index < -0.39 is 0 Å². The molecule has 0 fully saturated rings. The quantitative estimate of drug-likeness (QED) is 0.430. The Morgan fingerprint density at radius 2 is 1.72 bits per heavy atom. The zero-order valence-corrected chi connectivity index (χ0v) is 17.6. The smallest absolute Gasteiger partial charge is 0.246 e. The highest BCUT2D eigenvalue weighted by Gasteiger charge is 2.18. The largest absolute Gasteiger partial charge is 0.324 e. The van der Waals surface area contributed by atoms with Crippen molar-refractivity contribution in [3.05, 3.63) is 97.0 Å². The maximum Gasteiger partial charge on any atom is 0.246 e. The Morgan fingerprint density at radius 1 is 0.906 bits per heavy atom. The van der Waals surface area contributed by atoms with E-state index in [-0.39, 0.29) is 12.5 Å². The average Bonchev–Trinajstić information content (AvgIpc) is 3.22. The first-order valence-electron chi connectivity index (χ1n) is 10.4. The number of carbonyl (C=O) groups is 1. The van der Waals surface area contributed by atoms with Gasteiger partial charge in [0.15, 0.2) is 0 Å². The van der Waals surface area contributed by atoms with Crippen molar-refractivity contribution in [1.29, 1.82) is 0 Å². The summed E-state index contributed by atoms with van der Waals surface area (Å²) in [5, 5.41) is 8.70. The predicted octanol–water partition coefficient (Wildman–Crippen LogP) is 5.11. The van der Waals surface area contributed by atoms with Crippen molar-refractivity contribution in [2.75, 3.05) is 5.32 Å². The first-order valence-corrected chi connectivity index (χ1v) is 10.4. The van der Waals surface area contributed by atoms with Crippen LogP contribution in [0.5, 0.6) is 0 Å². The van der Waals surface area contributed by atoms with Gasteiger partial charge in [-0.1, -0.05) is 42.5 Å². The van der Waals surface area contributed by atoms with Gasteiger partial charge in [-0.25, -0.2) is 0 Å². The van der Waals surface area contributed by atoms with E-state index in [2.05, 4.69) is 15.3 Å². The number of aryl methyl sites for hydroxylation is 1. The second kappa shape index (κ2) is 8.43. The molecule has 3 aromatic heterocycles. The lowest BCUT2D eigenvalue weighted by Gasteiger charge is -2.06. The molecule has 6 nitrogen and oxygen atoms in total. The van der Waals surface area contributed by atoms with Gasteiger partial charge in [-0.2, -0.15) is 5.10 Å². The van der Waals surface area contributed by atoms with Gasteiger partial charge < -0.3 is 5.32 Å². The molecule has 0 unspecified atom stereocenters. The minimum Gasteiger partial charge on any atom is -0.324 e. The van der Waals surface area contributed by atoms with Crippen molar-refractivity contribution in [1.82, 2.24) is 19.7 Å². The molecule has 0 atom stereocenters. The number of anilines is 1. The molecule has 5 rings (SSSR count). The zero-order valence-electron chi connectivity index (χ0n) is 17.6. The monoisotopic (exact) mass is 419 g/mol. The second-order valence-corrected chi connectivity index (χ2v) is 7.54. The molecular weight excluding hydrogens is 398 g/mol. The van der Waals surface area contributed by atoms with Crippen LogP contribution in [0, 0.1) is 6.92 Å². The summed E-state index contributed by atoms with van der Waals surface area (Å²) in [6.07, 6.45) is 3.70. The number of nitrogens with zero attached hydrogens (tertiary/aromatic N) is 4. The summed E-state index contributed by atoms with van der Waals surface area (Å²) in [6.45, 7) is 2.05. The van der Waals surface area contributed by atoms with Crippen molar-refractivity contribution in [2.45, 2.75) is 13.5 Å². The van der Waals surface area contributed by atoms with Crippen LogP contribution >= 0.6 is 0 Å². The number of carbonyl (C=O) groups excluding carboxylic acids is 1. The summed E-state index contributed by atoms with van der Waals surface area (Å²) in [6, 6.07) is 25.2. The number of amides is 1. The number of fused-ring (bicyclic) bond motifs is 1. The summed E-state index contributed by atoms with van der Waals surface area (Å²) >= 11 is 0. The minimum atomic E-state index is -0.145. The Balaban J connectivity index is 1.57. The molecular formula is C26H21N5O. The van der Waals surface area contributed by atoms with Crippen LogP contribution in [0.1, 0.15) is 5.69 Å². The first kappa shape index (κ1) is 19.6. The Kier molecular flexibility index (Phi) is 5.17. The van der Waals surface area contributed by atoms with Gasteiger partial charge >= 0.3 is 0 Å². The number of para-hydroxylation sites is 2. The van der Waals surface area contributed by atoms with E-state index in [1.807, 2.05) is 92.0 Å². The predicted molar refractivity (Wildman–Crippen MR) is 126 cm³/mol. The van der Waals surface area contributed by atoms with Gasteiger partial charge in [-0.15, -0.1) is 0 Å². The SMILES string of the molecule is Cc1cccc(-c2nn(CC(=O)Nc3ccccc3)cc2-c2ccnc3ccccc23)n1. The van der Waals surface area contributed by atoms with E-state index in [4.69, 9.17) is 5.10 Å². The summed E-state index contributed by atoms with van der Waals surface area (Å²) < 4.78 is 1.67. The van der Waals surface area contributed by atoms with Crippen LogP contribution in [0.2, 0.25) is 0 Å². The number of nitrogens with one attached hydrogen (secondary N) is 1. The van der Waals surface area contributed by atoms with Crippen molar-refractivity contribution < 1.29 is 4.79 Å². The molecule has 0 radical (unpaired) electrons. The molecule has 3 heterocycles. The number of rotatable bonds is 5. The van der Waals surface area contributed by atoms with Gasteiger partial charge in [0.25, 0.3) is 0 Å². The maximum absolute atomic E-state index is 12.6. The minimum absolute atomic E-state index is 0.0940. The molecule has 0 bridgehead atoms. The number of hydrogen-bond acceptors (Lipinski definition) is 4. The van der Waals surface area contributed by atoms with E-state index in [1.54, 1.807) is 10.9 Å². The van der Waals surface area contributed by atoms with Gasteiger partial charge in [0.2, 0.25) is 5.91 Å². The van der Waals surface area contributed by atoms with Crippen molar-refractivity contribution in [3.63, 3.8) is 0 Å². The van der Waals surface area contributed by atoms with Crippen LogP contribution in [-0.4, -0.2) is 25.7 Å². The number of aromatic nitrogens is 4. The normalized spacial score (nSPS) is 10.9. The average molecular weight is 419 g/mol. The molecule has 1 N–H and O–H groups in total. The van der Waals surface area contributed by atoms with Gasteiger partial charge in [0, 0.05) is 34.7 Å². The standard InChI is InChI=1S/C26H21N5O/c1-18-8-7-13-24(28-18)26-22(20-14-15-27-23-12-6-5-11-21(20)23)16-31(30-26)17-25(32)29-19-9-3-2-4-10-19/h2-16H,17H2,1H3,(H,29,32). The topological polar surface area (TPSA) is 72.7 Å². The molecule has 5 aromatic rings. The fraction of sp³-hybridized carbons (Fsp3) is 0.0769. The van der Waals surface area contributed by atoms with Crippen molar-refractivity contribution in [2.24, 2.45) is 0 Å². The molecule has 0 aliphatic heterocycles. The third kappa shape index (κ3) is 3.98. The highest BCUT2D eigenvalue weighted by Crippen LogP contribution is 2.34. The van der Waals surface area contributed by atoms with Crippen LogP contribution in [0.25, 0.3) is 33.4 Å². The number of pyridine rings is 2. The summed E-state index contributed by atoms with van der Waals surface area (Å²) in [5.74, 6) is -0.145. The lowest BCUT2D eigenvalue weighted by Crippen LogP contribution is -2.19. The molecule has 32 heavy (non-hydrogen) atoms. The van der Waals surface area contributed by atoms with Gasteiger partial charge in [0.1, 0.15) is 12.2 Å². The van der Waals surface area contributed by atoms with Crippen molar-refractivity contribution in [3.8, 4) is 22.5 Å². The molecule has 0 saturated heterocycles. The van der Waals surface area contributed by atoms with Gasteiger partial charge in [0.05, 0.1) is 11.2 Å². The van der Waals surface area contributed by atoms with Gasteiger partial charge in [-0.05, 0) is 48.9 Å². The Labute approximate surface area is 185 Å². The fourth-order valence-electron chi connectivity index (χ4n) is 3.76. The van der Waals surface area contributed by atoms with Crippen LogP contribution < -0.4 is 5.32 Å². The van der Waals surface area contributed by atoms with Crippen LogP contribution in [0.3, 0.4) is 0 Å². The molecule has 156 valence electrons. The highest BCUT2D eigenvalue weighted by atomic mass is 16.2. The zero-order chi connectivity index (χ0) is 21.9. The summed E-state index contributed by atoms with van der Waals surface area (Å²) in [4.78, 5) is 21.8. The van der Waals surface area contributed by atoms with Gasteiger partial charge in [-0.3, -0.25) is 19.4 Å². The van der Waals surface area contributed by atoms with E-state index in [1.165, 1.54) is 0 Å². The van der Waals surface area contributed by atoms with Crippen LogP contribution in [0.15, 0.2) is 91.3 Å². The van der Waals surface area contributed by atoms with Crippen LogP contribution in [-0.2, 0) is 11.3 Å². The second-order valence-electron chi connectivity index (χ2n) is 7.54. The first-order chi connectivity index (χ1) is 15.7. The van der Waals surface area contributed by atoms with Crippen molar-refractivity contribution >= 4 is 22.5 Å². The third-order valence-corrected chi connectivity index (χ3v) is 5.19. The van der Waals surface area contributed by atoms with Crippen LogP contribution in [0.4, 0.5) is 5.69 Å². The van der Waals surface area contributed by atoms with E-state index >= 15 is 0 Å². The Morgan fingerprint density at radius 3 is 2.56 bits per heavy atom. The van der Waals surface area contributed by atoms with E-state index in [0.29, 0.717) is 0 Å². The Bertz CT molecular complexity index is 1400. The van der Waals surface area contributed by atoms with E-state index in [0.717, 1.165) is 44.8 Å². The molecule has 6 heteroatoms. The molecule has 2 aromatic carbocycles. The lowest BCUT2D eigenvalue weighted by molar-refractivity contribution is -0.116. The summed E-state index contributed by atoms with van der Waals surface area (Å²) in [7, 11) is 0. The number of hydrogen-bond donors (Lipinski definition) is 1. The fourth-order valence-corrected chi connectivity index (χ4v) is 3.76. The number of benzene rings is 2. The molecule has 1 amide bonds. The third-order valence-electron chi connectivity index (χ3n) is 5.19. The molecule has 0 saturated carbocycles. The molecule has 0 spiro atoms. The summed E-state index contributed by atoms with van der Waals surface area (Å²) in [5.41, 5.74) is 5.98. The Hall–Kier alpha value is -4.32. The molecule has 0 aliphatic carbocycles.